The molecule has 5 rings (SSSR count). The Morgan fingerprint density at radius 2 is 1.94 bits per heavy atom. The fourth-order valence-corrected chi connectivity index (χ4v) is 4.87. The van der Waals surface area contributed by atoms with E-state index < -0.39 is 11.7 Å². The van der Waals surface area contributed by atoms with Crippen LogP contribution in [0, 0.1) is 6.92 Å². The number of alkyl halides is 3. The molecule has 1 aromatic heterocycles. The second-order valence-electron chi connectivity index (χ2n) is 8.81. The molecule has 2 aromatic carbocycles. The van der Waals surface area contributed by atoms with Crippen LogP contribution in [0.25, 0.3) is 0 Å². The van der Waals surface area contributed by atoms with E-state index in [1.54, 1.807) is 4.90 Å². The van der Waals surface area contributed by atoms with E-state index in [9.17, 15) is 18.0 Å². The quantitative estimate of drug-likeness (QED) is 0.457. The first-order chi connectivity index (χ1) is 16.2. The van der Waals surface area contributed by atoms with Crippen LogP contribution >= 0.6 is 0 Å². The van der Waals surface area contributed by atoms with Gasteiger partial charge in [0.1, 0.15) is 5.76 Å². The van der Waals surface area contributed by atoms with Crippen molar-refractivity contribution in [2.45, 2.75) is 51.7 Å². The molecule has 1 N–H and O–H groups in total. The first-order valence-electron chi connectivity index (χ1n) is 11.3. The zero-order chi connectivity index (χ0) is 24.0. The standard InChI is InChI=1S/C26H24F3N3O2/c1-15-13-17-7-3-4-11-21(17)32(15)25(33)24-16(2)23-20(10-6-12-22(23)34-24)31-30-19-9-5-8-18(14-19)26(27,28)29/h3-5,7-9,11,14-15,30H,6,10,12-13H2,1-2H3/b31-20+. The lowest BCUT2D eigenvalue weighted by Crippen LogP contribution is -2.35. The molecule has 0 radical (unpaired) electrons. The van der Waals surface area contributed by atoms with E-state index in [2.05, 4.69) is 10.5 Å². The summed E-state index contributed by atoms with van der Waals surface area (Å²) in [4.78, 5) is 15.3. The molecule has 0 fully saturated rings. The van der Waals surface area contributed by atoms with Crippen LogP contribution in [0.3, 0.4) is 0 Å². The number of hydrazone groups is 1. The SMILES string of the molecule is Cc1c(C(=O)N2c3ccccc3CC2C)oc2c1/C(=N/Nc1cccc(C(F)(F)F)c1)CCC2. The summed E-state index contributed by atoms with van der Waals surface area (Å²) in [5.41, 5.74) is 6.45. The van der Waals surface area contributed by atoms with Crippen molar-refractivity contribution in [3.05, 3.63) is 82.3 Å². The Labute approximate surface area is 195 Å². The number of carbonyl (C=O) groups is 1. The lowest BCUT2D eigenvalue weighted by Gasteiger charge is -2.21. The molecule has 0 saturated heterocycles. The van der Waals surface area contributed by atoms with E-state index in [0.29, 0.717) is 35.6 Å². The highest BCUT2D eigenvalue weighted by atomic mass is 19.4. The Kier molecular flexibility index (Phi) is 5.46. The van der Waals surface area contributed by atoms with Crippen LogP contribution in [0.15, 0.2) is 58.0 Å². The van der Waals surface area contributed by atoms with Gasteiger partial charge in [0.2, 0.25) is 0 Å². The van der Waals surface area contributed by atoms with Crippen LogP contribution in [0.1, 0.15) is 58.3 Å². The number of carbonyl (C=O) groups excluding carboxylic acids is 1. The number of amides is 1. The highest BCUT2D eigenvalue weighted by Gasteiger charge is 2.36. The van der Waals surface area contributed by atoms with E-state index in [4.69, 9.17) is 4.42 Å². The van der Waals surface area contributed by atoms with Crippen molar-refractivity contribution in [3.63, 3.8) is 0 Å². The number of anilines is 2. The highest BCUT2D eigenvalue weighted by molar-refractivity contribution is 6.11. The maximum atomic E-state index is 13.5. The van der Waals surface area contributed by atoms with Crippen molar-refractivity contribution in [2.24, 2.45) is 5.10 Å². The summed E-state index contributed by atoms with van der Waals surface area (Å²) < 4.78 is 45.2. The third-order valence-corrected chi connectivity index (χ3v) is 6.46. The third-order valence-electron chi connectivity index (χ3n) is 6.46. The van der Waals surface area contributed by atoms with Gasteiger partial charge in [0.05, 0.1) is 17.0 Å². The molecule has 3 aromatic rings. The normalized spacial score (nSPS) is 18.7. The molecule has 1 atom stereocenters. The average Bonchev–Trinajstić information content (AvgIpc) is 3.33. The van der Waals surface area contributed by atoms with E-state index in [-0.39, 0.29) is 17.6 Å². The summed E-state index contributed by atoms with van der Waals surface area (Å²) >= 11 is 0. The van der Waals surface area contributed by atoms with Gasteiger partial charge in [-0.2, -0.15) is 18.3 Å². The Hall–Kier alpha value is -3.55. The summed E-state index contributed by atoms with van der Waals surface area (Å²) in [5.74, 6) is 0.800. The van der Waals surface area contributed by atoms with Crippen molar-refractivity contribution in [1.29, 1.82) is 0 Å². The van der Waals surface area contributed by atoms with E-state index >= 15 is 0 Å². The van der Waals surface area contributed by atoms with Crippen LogP contribution < -0.4 is 10.3 Å². The topological polar surface area (TPSA) is 57.8 Å². The van der Waals surface area contributed by atoms with E-state index in [1.165, 1.54) is 12.1 Å². The van der Waals surface area contributed by atoms with Crippen molar-refractivity contribution in [1.82, 2.24) is 0 Å². The van der Waals surface area contributed by atoms with Crippen LogP contribution in [0.4, 0.5) is 24.5 Å². The Morgan fingerprint density at radius 1 is 1.15 bits per heavy atom. The molecule has 2 heterocycles. The van der Waals surface area contributed by atoms with E-state index in [0.717, 1.165) is 41.8 Å². The second kappa shape index (κ2) is 8.34. The van der Waals surface area contributed by atoms with Gasteiger partial charge in [0.15, 0.2) is 5.76 Å². The zero-order valence-corrected chi connectivity index (χ0v) is 18.9. The van der Waals surface area contributed by atoms with Gasteiger partial charge in [0.25, 0.3) is 5.91 Å². The van der Waals surface area contributed by atoms with Gasteiger partial charge >= 0.3 is 6.18 Å². The largest absolute Gasteiger partial charge is 0.455 e. The number of aryl methyl sites for hydroxylation is 1. The number of hydrogen-bond acceptors (Lipinski definition) is 4. The molecule has 5 nitrogen and oxygen atoms in total. The highest BCUT2D eigenvalue weighted by Crippen LogP contribution is 2.36. The Bertz CT molecular complexity index is 1290. The van der Waals surface area contributed by atoms with Gasteiger partial charge in [-0.25, -0.2) is 0 Å². The maximum absolute atomic E-state index is 13.5. The number of fused-ring (bicyclic) bond motifs is 2. The first kappa shape index (κ1) is 22.3. The molecule has 2 aliphatic rings. The molecule has 1 amide bonds. The molecule has 1 unspecified atom stereocenters. The third kappa shape index (κ3) is 3.87. The van der Waals surface area contributed by atoms with Crippen molar-refractivity contribution >= 4 is 23.0 Å². The number of para-hydroxylation sites is 1. The molecular formula is C26H24F3N3O2. The minimum Gasteiger partial charge on any atom is -0.455 e. The minimum atomic E-state index is -4.43. The first-order valence-corrected chi connectivity index (χ1v) is 11.3. The van der Waals surface area contributed by atoms with Gasteiger partial charge < -0.3 is 9.32 Å². The summed E-state index contributed by atoms with van der Waals surface area (Å²) in [7, 11) is 0. The van der Waals surface area contributed by atoms with E-state index in [1.807, 2.05) is 38.1 Å². The summed E-state index contributed by atoms with van der Waals surface area (Å²) in [5, 5.41) is 4.41. The van der Waals surface area contributed by atoms with Crippen LogP contribution in [-0.2, 0) is 19.0 Å². The lowest BCUT2D eigenvalue weighted by atomic mass is 9.93. The number of hydrogen-bond donors (Lipinski definition) is 1. The molecule has 1 aliphatic carbocycles. The second-order valence-corrected chi connectivity index (χ2v) is 8.81. The number of nitrogens with zero attached hydrogens (tertiary/aromatic N) is 2. The van der Waals surface area contributed by atoms with Crippen molar-refractivity contribution < 1.29 is 22.4 Å². The van der Waals surface area contributed by atoms with Gasteiger partial charge in [-0.15, -0.1) is 0 Å². The molecule has 0 spiro atoms. The fourth-order valence-electron chi connectivity index (χ4n) is 4.87. The van der Waals surface area contributed by atoms with Gasteiger partial charge in [0, 0.05) is 29.3 Å². The number of furan rings is 1. The fraction of sp³-hybridized carbons (Fsp3) is 0.308. The van der Waals surface area contributed by atoms with Crippen molar-refractivity contribution in [3.8, 4) is 0 Å². The predicted molar refractivity (Wildman–Crippen MR) is 124 cm³/mol. The molecular weight excluding hydrogens is 443 g/mol. The molecule has 0 saturated carbocycles. The van der Waals surface area contributed by atoms with Crippen LogP contribution in [0.5, 0.6) is 0 Å². The lowest BCUT2D eigenvalue weighted by molar-refractivity contribution is -0.137. The molecule has 0 bridgehead atoms. The number of halogens is 3. The average molecular weight is 467 g/mol. The molecule has 1 aliphatic heterocycles. The summed E-state index contributed by atoms with van der Waals surface area (Å²) in [6, 6.07) is 12.8. The van der Waals surface area contributed by atoms with Crippen molar-refractivity contribution in [2.75, 3.05) is 10.3 Å². The number of benzene rings is 2. The predicted octanol–water partition coefficient (Wildman–Crippen LogP) is 6.35. The number of nitrogens with one attached hydrogen (secondary N) is 1. The molecule has 8 heteroatoms. The minimum absolute atomic E-state index is 0.0159. The monoisotopic (exact) mass is 467 g/mol. The molecule has 34 heavy (non-hydrogen) atoms. The summed E-state index contributed by atoms with van der Waals surface area (Å²) in [6.07, 6.45) is -1.55. The van der Waals surface area contributed by atoms with Gasteiger partial charge in [-0.05, 0) is 62.9 Å². The van der Waals surface area contributed by atoms with Gasteiger partial charge in [-0.1, -0.05) is 24.3 Å². The Balaban J connectivity index is 1.45. The zero-order valence-electron chi connectivity index (χ0n) is 18.9. The summed E-state index contributed by atoms with van der Waals surface area (Å²) in [6.45, 7) is 3.86. The van der Waals surface area contributed by atoms with Gasteiger partial charge in [-0.3, -0.25) is 10.2 Å². The Morgan fingerprint density at radius 3 is 2.74 bits per heavy atom. The van der Waals surface area contributed by atoms with Crippen LogP contribution in [-0.4, -0.2) is 17.7 Å². The maximum Gasteiger partial charge on any atom is 0.416 e. The number of rotatable bonds is 3. The smallest absolute Gasteiger partial charge is 0.416 e. The van der Waals surface area contributed by atoms with Crippen LogP contribution in [0.2, 0.25) is 0 Å². The molecule has 176 valence electrons.